The predicted octanol–water partition coefficient (Wildman–Crippen LogP) is 2.51. The van der Waals surface area contributed by atoms with Gasteiger partial charge >= 0.3 is 5.97 Å². The number of amides is 2. The van der Waals surface area contributed by atoms with Crippen LogP contribution in [-0.4, -0.2) is 36.3 Å². The molecule has 0 N–H and O–H groups in total. The van der Waals surface area contributed by atoms with Crippen LogP contribution < -0.4 is 0 Å². The van der Waals surface area contributed by atoms with Crippen LogP contribution >= 0.6 is 0 Å². The first-order valence-corrected chi connectivity index (χ1v) is 7.91. The number of ether oxygens (including phenoxy) is 1. The third-order valence-corrected chi connectivity index (χ3v) is 5.54. The molecule has 1 saturated carbocycles. The molecule has 0 radical (unpaired) electrons. The van der Waals surface area contributed by atoms with Gasteiger partial charge in [0.1, 0.15) is 0 Å². The summed E-state index contributed by atoms with van der Waals surface area (Å²) in [5, 5.41) is 0. The second-order valence-electron chi connectivity index (χ2n) is 6.93. The van der Waals surface area contributed by atoms with Gasteiger partial charge in [-0.15, -0.1) is 0 Å². The Bertz CT molecular complexity index is 644. The summed E-state index contributed by atoms with van der Waals surface area (Å²) in [5.74, 6) is -0.401. The summed E-state index contributed by atoms with van der Waals surface area (Å²) < 4.78 is 4.83. The van der Waals surface area contributed by atoms with Crippen LogP contribution in [-0.2, 0) is 9.53 Å². The van der Waals surface area contributed by atoms with E-state index in [9.17, 15) is 14.4 Å². The Balaban J connectivity index is 1.64. The van der Waals surface area contributed by atoms with E-state index >= 15 is 0 Å². The summed E-state index contributed by atoms with van der Waals surface area (Å²) in [5.41, 5.74) is 0.807. The van der Waals surface area contributed by atoms with Crippen molar-refractivity contribution in [3.63, 3.8) is 0 Å². The summed E-state index contributed by atoms with van der Waals surface area (Å²) in [7, 11) is 1.41. The molecule has 0 aromatic heterocycles. The highest BCUT2D eigenvalue weighted by Gasteiger charge is 2.52. The number of hydrogen-bond donors (Lipinski definition) is 0. The summed E-state index contributed by atoms with van der Waals surface area (Å²) in [6, 6.07) is 6.92. The molecule has 0 bridgehead atoms. The maximum atomic E-state index is 12.3. The van der Waals surface area contributed by atoms with Gasteiger partial charge in [-0.2, -0.15) is 0 Å². The fraction of sp³-hybridized carbons (Fsp3) is 0.500. The van der Waals surface area contributed by atoms with Crippen LogP contribution in [0.1, 0.15) is 47.4 Å². The Hall–Kier alpha value is -2.17. The number of nitrogens with zero attached hydrogens (tertiary/aromatic N) is 1. The minimum atomic E-state index is -0.216. The number of imide groups is 1. The molecule has 1 heterocycles. The van der Waals surface area contributed by atoms with Gasteiger partial charge in [0.05, 0.1) is 24.2 Å². The van der Waals surface area contributed by atoms with Crippen molar-refractivity contribution < 1.29 is 19.1 Å². The number of fused-ring (bicyclic) bond motifs is 1. The number of rotatable bonds is 4. The molecule has 2 aliphatic rings. The van der Waals surface area contributed by atoms with E-state index in [0.717, 1.165) is 6.42 Å². The van der Waals surface area contributed by atoms with Gasteiger partial charge < -0.3 is 4.74 Å². The normalized spacial score (nSPS) is 25.1. The summed E-state index contributed by atoms with van der Waals surface area (Å²) in [4.78, 5) is 37.7. The van der Waals surface area contributed by atoms with E-state index in [1.165, 1.54) is 12.0 Å². The monoisotopic (exact) mass is 315 g/mol. The van der Waals surface area contributed by atoms with Crippen molar-refractivity contribution in [3.8, 4) is 0 Å². The summed E-state index contributed by atoms with van der Waals surface area (Å²) >= 11 is 0. The summed E-state index contributed by atoms with van der Waals surface area (Å²) in [6.45, 7) is 4.49. The van der Waals surface area contributed by atoms with Crippen molar-refractivity contribution in [3.05, 3.63) is 35.4 Å². The first-order valence-electron chi connectivity index (χ1n) is 7.91. The van der Waals surface area contributed by atoms with Crippen LogP contribution in [0.3, 0.4) is 0 Å². The molecule has 1 aromatic carbocycles. The molecule has 0 saturated heterocycles. The zero-order valence-electron chi connectivity index (χ0n) is 13.7. The first-order chi connectivity index (χ1) is 10.9. The number of hydrogen-bond acceptors (Lipinski definition) is 4. The van der Waals surface area contributed by atoms with Gasteiger partial charge in [-0.25, -0.2) is 0 Å². The van der Waals surface area contributed by atoms with Crippen molar-refractivity contribution in [2.75, 3.05) is 13.7 Å². The zero-order chi connectivity index (χ0) is 16.8. The van der Waals surface area contributed by atoms with E-state index in [4.69, 9.17) is 4.74 Å². The SMILES string of the molecule is COC(=O)[C@@H]1C[C@H](CCN2C(=O)c3ccccc3C2=O)C1(C)C. The highest BCUT2D eigenvalue weighted by Crippen LogP contribution is 2.53. The van der Waals surface area contributed by atoms with Crippen LogP contribution in [0.2, 0.25) is 0 Å². The average Bonchev–Trinajstić information content (AvgIpc) is 2.78. The number of esters is 1. The Morgan fingerprint density at radius 3 is 2.26 bits per heavy atom. The molecule has 2 atom stereocenters. The van der Waals surface area contributed by atoms with E-state index in [1.54, 1.807) is 24.3 Å². The molecule has 1 aliphatic carbocycles. The summed E-state index contributed by atoms with van der Waals surface area (Å²) in [6.07, 6.45) is 1.47. The molecular weight excluding hydrogens is 294 g/mol. The highest BCUT2D eigenvalue weighted by molar-refractivity contribution is 6.21. The van der Waals surface area contributed by atoms with Gasteiger partial charge in [0.2, 0.25) is 0 Å². The largest absolute Gasteiger partial charge is 0.469 e. The standard InChI is InChI=1S/C18H21NO4/c1-18(2)11(10-14(18)17(22)23-3)8-9-19-15(20)12-6-4-5-7-13(12)16(19)21/h4-7,11,14H,8-10H2,1-3H3/t11-,14-/m0/s1. The van der Waals surface area contributed by atoms with E-state index < -0.39 is 0 Å². The van der Waals surface area contributed by atoms with Crippen LogP contribution in [0.15, 0.2) is 24.3 Å². The van der Waals surface area contributed by atoms with Gasteiger partial charge in [-0.05, 0) is 36.3 Å². The lowest BCUT2D eigenvalue weighted by atomic mass is 9.54. The molecule has 5 nitrogen and oxygen atoms in total. The van der Waals surface area contributed by atoms with Gasteiger partial charge in [0, 0.05) is 6.54 Å². The second kappa shape index (κ2) is 5.48. The molecule has 0 unspecified atom stereocenters. The lowest BCUT2D eigenvalue weighted by Gasteiger charge is -2.50. The molecular formula is C18H21NO4. The predicted molar refractivity (Wildman–Crippen MR) is 83.8 cm³/mol. The van der Waals surface area contributed by atoms with E-state index in [2.05, 4.69) is 0 Å². The van der Waals surface area contributed by atoms with Crippen LogP contribution in [0.25, 0.3) is 0 Å². The van der Waals surface area contributed by atoms with Gasteiger partial charge in [-0.3, -0.25) is 19.3 Å². The number of benzene rings is 1. The minimum absolute atomic E-state index is 0.0975. The third-order valence-electron chi connectivity index (χ3n) is 5.54. The van der Waals surface area contributed by atoms with Crippen LogP contribution in [0.5, 0.6) is 0 Å². The smallest absolute Gasteiger partial charge is 0.309 e. The minimum Gasteiger partial charge on any atom is -0.469 e. The van der Waals surface area contributed by atoms with Gasteiger partial charge in [-0.1, -0.05) is 26.0 Å². The Morgan fingerprint density at radius 2 is 1.78 bits per heavy atom. The van der Waals surface area contributed by atoms with Gasteiger partial charge in [0.25, 0.3) is 11.8 Å². The molecule has 5 heteroatoms. The molecule has 3 rings (SSSR count). The number of carbonyl (C=O) groups excluding carboxylic acids is 3. The average molecular weight is 315 g/mol. The zero-order valence-corrected chi connectivity index (χ0v) is 13.7. The first kappa shape index (κ1) is 15.7. The Kier molecular flexibility index (Phi) is 3.74. The molecule has 1 aliphatic heterocycles. The number of carbonyl (C=O) groups is 3. The molecule has 1 aromatic rings. The lowest BCUT2D eigenvalue weighted by molar-refractivity contribution is -0.163. The maximum Gasteiger partial charge on any atom is 0.309 e. The van der Waals surface area contributed by atoms with Gasteiger partial charge in [0.15, 0.2) is 0 Å². The van der Waals surface area contributed by atoms with Crippen molar-refractivity contribution in [1.82, 2.24) is 4.90 Å². The molecule has 23 heavy (non-hydrogen) atoms. The van der Waals surface area contributed by atoms with Crippen molar-refractivity contribution in [2.24, 2.45) is 17.3 Å². The molecule has 122 valence electrons. The highest BCUT2D eigenvalue weighted by atomic mass is 16.5. The van der Waals surface area contributed by atoms with Crippen molar-refractivity contribution in [2.45, 2.75) is 26.7 Å². The van der Waals surface area contributed by atoms with Crippen molar-refractivity contribution in [1.29, 1.82) is 0 Å². The molecule has 1 fully saturated rings. The van der Waals surface area contributed by atoms with Crippen LogP contribution in [0, 0.1) is 17.3 Å². The maximum absolute atomic E-state index is 12.3. The van der Waals surface area contributed by atoms with Crippen molar-refractivity contribution >= 4 is 17.8 Å². The molecule has 2 amide bonds. The molecule has 0 spiro atoms. The van der Waals surface area contributed by atoms with E-state index in [-0.39, 0.29) is 29.1 Å². The van der Waals surface area contributed by atoms with E-state index in [1.807, 2.05) is 13.8 Å². The topological polar surface area (TPSA) is 63.7 Å². The Morgan fingerprint density at radius 1 is 1.22 bits per heavy atom. The van der Waals surface area contributed by atoms with Crippen LogP contribution in [0.4, 0.5) is 0 Å². The quantitative estimate of drug-likeness (QED) is 0.632. The fourth-order valence-electron chi connectivity index (χ4n) is 3.78. The lowest BCUT2D eigenvalue weighted by Crippen LogP contribution is -2.50. The second-order valence-corrected chi connectivity index (χ2v) is 6.93. The van der Waals surface area contributed by atoms with E-state index in [0.29, 0.717) is 30.0 Å². The fourth-order valence-corrected chi connectivity index (χ4v) is 3.78. The Labute approximate surface area is 135 Å². The number of methoxy groups -OCH3 is 1. The third kappa shape index (κ3) is 2.35.